The molecule has 38 heavy (non-hydrogen) atoms. The van der Waals surface area contributed by atoms with Gasteiger partial charge in [0.2, 0.25) is 5.91 Å². The van der Waals surface area contributed by atoms with Crippen molar-refractivity contribution >= 4 is 16.9 Å². The summed E-state index contributed by atoms with van der Waals surface area (Å²) in [5.41, 5.74) is 1.24. The number of amides is 1. The Hall–Kier alpha value is -3.75. The van der Waals surface area contributed by atoms with Crippen molar-refractivity contribution in [3.05, 3.63) is 94.7 Å². The molecule has 1 amide bonds. The first kappa shape index (κ1) is 24.6. The van der Waals surface area contributed by atoms with Crippen LogP contribution in [0.2, 0.25) is 0 Å². The van der Waals surface area contributed by atoms with Crippen molar-refractivity contribution in [2.45, 2.75) is 43.8 Å². The summed E-state index contributed by atoms with van der Waals surface area (Å²) in [7, 11) is 0. The molecule has 2 aromatic heterocycles. The third kappa shape index (κ3) is 4.77. The minimum Gasteiger partial charge on any atom is -0.389 e. The number of nitrogens with zero attached hydrogens (tertiary/aromatic N) is 3. The number of nitrogens with one attached hydrogen (secondary N) is 1. The van der Waals surface area contributed by atoms with Gasteiger partial charge in [-0.1, -0.05) is 48.5 Å². The maximum atomic E-state index is 13.5. The number of rotatable bonds is 5. The van der Waals surface area contributed by atoms with E-state index in [1.54, 1.807) is 6.07 Å². The zero-order valence-corrected chi connectivity index (χ0v) is 21.3. The number of hydrogen-bond acceptors (Lipinski definition) is 5. The van der Waals surface area contributed by atoms with E-state index in [1.165, 1.54) is 0 Å². The van der Waals surface area contributed by atoms with Crippen LogP contribution >= 0.6 is 0 Å². The van der Waals surface area contributed by atoms with Gasteiger partial charge in [0.05, 0.1) is 23.0 Å². The SMILES string of the molecule is O=C([C@@H]1CCCO[C@H]1c1ccccc1)N1CCC(O)(Cc2nc3c(ccn3-c3ccccc3)c(=O)[nH]2)CC1. The molecule has 6 rings (SSSR count). The van der Waals surface area contributed by atoms with Crippen molar-refractivity contribution in [1.82, 2.24) is 19.4 Å². The molecular formula is C30H32N4O4. The number of likely N-dealkylation sites (tertiary alicyclic amines) is 1. The summed E-state index contributed by atoms with van der Waals surface area (Å²) in [6, 6.07) is 21.4. The molecule has 0 spiro atoms. The molecule has 4 aromatic rings. The summed E-state index contributed by atoms with van der Waals surface area (Å²) in [6.45, 7) is 1.58. The Balaban J connectivity index is 1.16. The van der Waals surface area contributed by atoms with Crippen LogP contribution in [0.25, 0.3) is 16.7 Å². The summed E-state index contributed by atoms with van der Waals surface area (Å²) >= 11 is 0. The highest BCUT2D eigenvalue weighted by molar-refractivity contribution is 5.80. The smallest absolute Gasteiger partial charge is 0.260 e. The molecule has 196 valence electrons. The van der Waals surface area contributed by atoms with E-state index in [2.05, 4.69) is 4.98 Å². The van der Waals surface area contributed by atoms with Crippen LogP contribution in [0.1, 0.15) is 43.2 Å². The number of fused-ring (bicyclic) bond motifs is 1. The van der Waals surface area contributed by atoms with Crippen molar-refractivity contribution in [2.24, 2.45) is 5.92 Å². The van der Waals surface area contributed by atoms with E-state index in [1.807, 2.05) is 76.3 Å². The lowest BCUT2D eigenvalue weighted by molar-refractivity contribution is -0.149. The van der Waals surface area contributed by atoms with Gasteiger partial charge in [0.25, 0.3) is 5.56 Å². The molecule has 0 bridgehead atoms. The van der Waals surface area contributed by atoms with E-state index >= 15 is 0 Å². The lowest BCUT2D eigenvalue weighted by Gasteiger charge is -2.41. The van der Waals surface area contributed by atoms with E-state index in [0.29, 0.717) is 49.4 Å². The summed E-state index contributed by atoms with van der Waals surface area (Å²) in [6.07, 6.45) is 4.32. The molecule has 0 unspecified atom stereocenters. The molecule has 8 heteroatoms. The number of ether oxygens (including phenoxy) is 1. The molecule has 0 saturated carbocycles. The summed E-state index contributed by atoms with van der Waals surface area (Å²) in [4.78, 5) is 35.8. The number of piperidine rings is 1. The molecule has 2 aromatic carbocycles. The number of carbonyl (C=O) groups excluding carboxylic acids is 1. The fourth-order valence-electron chi connectivity index (χ4n) is 5.82. The van der Waals surface area contributed by atoms with Gasteiger partial charge in [0.15, 0.2) is 5.65 Å². The first-order valence-corrected chi connectivity index (χ1v) is 13.3. The second-order valence-electron chi connectivity index (χ2n) is 10.4. The van der Waals surface area contributed by atoms with Crippen molar-refractivity contribution in [3.63, 3.8) is 0 Å². The minimum absolute atomic E-state index is 0.0919. The first-order valence-electron chi connectivity index (χ1n) is 13.3. The Labute approximate surface area is 220 Å². The molecule has 4 heterocycles. The van der Waals surface area contributed by atoms with Crippen LogP contribution in [0.5, 0.6) is 0 Å². The van der Waals surface area contributed by atoms with E-state index in [0.717, 1.165) is 24.1 Å². The van der Waals surface area contributed by atoms with Crippen molar-refractivity contribution in [1.29, 1.82) is 0 Å². The van der Waals surface area contributed by atoms with Crippen molar-refractivity contribution in [3.8, 4) is 5.69 Å². The second kappa shape index (κ2) is 10.2. The molecule has 2 N–H and O–H groups in total. The third-order valence-electron chi connectivity index (χ3n) is 7.91. The number of aromatic amines is 1. The molecule has 2 saturated heterocycles. The van der Waals surface area contributed by atoms with Crippen LogP contribution in [0.4, 0.5) is 0 Å². The van der Waals surface area contributed by atoms with Gasteiger partial charge in [-0.15, -0.1) is 0 Å². The summed E-state index contributed by atoms with van der Waals surface area (Å²) < 4.78 is 7.93. The van der Waals surface area contributed by atoms with Gasteiger partial charge in [-0.2, -0.15) is 0 Å². The Morgan fingerprint density at radius 2 is 1.76 bits per heavy atom. The predicted molar refractivity (Wildman–Crippen MR) is 144 cm³/mol. The molecule has 0 radical (unpaired) electrons. The van der Waals surface area contributed by atoms with E-state index < -0.39 is 5.60 Å². The van der Waals surface area contributed by atoms with Gasteiger partial charge in [0, 0.05) is 38.0 Å². The van der Waals surface area contributed by atoms with E-state index in [9.17, 15) is 14.7 Å². The largest absolute Gasteiger partial charge is 0.389 e. The third-order valence-corrected chi connectivity index (χ3v) is 7.91. The Morgan fingerprint density at radius 1 is 1.05 bits per heavy atom. The van der Waals surface area contributed by atoms with Crippen LogP contribution in [-0.4, -0.2) is 55.7 Å². The number of aromatic nitrogens is 3. The molecule has 8 nitrogen and oxygen atoms in total. The number of carbonyl (C=O) groups is 1. The van der Waals surface area contributed by atoms with Gasteiger partial charge >= 0.3 is 0 Å². The number of aliphatic hydroxyl groups is 1. The monoisotopic (exact) mass is 512 g/mol. The standard InChI is InChI=1S/C30H32N4O4/c35-28-24-13-16-34(22-10-5-2-6-11-22)27(24)31-25(32-28)20-30(37)14-17-33(18-15-30)29(36)23-12-7-19-38-26(23)21-8-3-1-4-9-21/h1-6,8-11,13,16,23,26,37H,7,12,14-15,17-20H2,(H,31,32,35)/t23-,26+/m1/s1. The Kier molecular flexibility index (Phi) is 6.59. The average molecular weight is 513 g/mol. The Bertz CT molecular complexity index is 1470. The zero-order chi connectivity index (χ0) is 26.1. The zero-order valence-electron chi connectivity index (χ0n) is 21.3. The van der Waals surface area contributed by atoms with Gasteiger partial charge in [-0.3, -0.25) is 9.59 Å². The normalized spacial score (nSPS) is 21.4. The van der Waals surface area contributed by atoms with Crippen LogP contribution in [0.15, 0.2) is 77.7 Å². The quantitative estimate of drug-likeness (QED) is 0.424. The van der Waals surface area contributed by atoms with Crippen LogP contribution < -0.4 is 5.56 Å². The van der Waals surface area contributed by atoms with Crippen LogP contribution in [0, 0.1) is 5.92 Å². The molecule has 2 aliphatic rings. The topological polar surface area (TPSA) is 100 Å². The molecule has 2 atom stereocenters. The first-order chi connectivity index (χ1) is 18.5. The van der Waals surface area contributed by atoms with Gasteiger partial charge in [-0.25, -0.2) is 4.98 Å². The summed E-state index contributed by atoms with van der Waals surface area (Å²) in [5, 5.41) is 11.9. The molecule has 2 aliphatic heterocycles. The van der Waals surface area contributed by atoms with E-state index in [-0.39, 0.29) is 29.9 Å². The number of H-pyrrole nitrogens is 1. The number of para-hydroxylation sites is 1. The van der Waals surface area contributed by atoms with Gasteiger partial charge in [-0.05, 0) is 49.4 Å². The second-order valence-corrected chi connectivity index (χ2v) is 10.4. The Morgan fingerprint density at radius 3 is 2.50 bits per heavy atom. The lowest BCUT2D eigenvalue weighted by Crippen LogP contribution is -2.50. The molecule has 0 aliphatic carbocycles. The van der Waals surface area contributed by atoms with Crippen molar-refractivity contribution in [2.75, 3.05) is 19.7 Å². The highest BCUT2D eigenvalue weighted by Gasteiger charge is 2.40. The van der Waals surface area contributed by atoms with Gasteiger partial charge < -0.3 is 24.3 Å². The number of benzene rings is 2. The summed E-state index contributed by atoms with van der Waals surface area (Å²) in [5.74, 6) is 0.322. The molecular weight excluding hydrogens is 480 g/mol. The van der Waals surface area contributed by atoms with Crippen molar-refractivity contribution < 1.29 is 14.6 Å². The molecule has 2 fully saturated rings. The fraction of sp³-hybridized carbons (Fsp3) is 0.367. The van der Waals surface area contributed by atoms with Gasteiger partial charge in [0.1, 0.15) is 5.82 Å². The average Bonchev–Trinajstić information content (AvgIpc) is 3.38. The highest BCUT2D eigenvalue weighted by Crippen LogP contribution is 2.36. The maximum Gasteiger partial charge on any atom is 0.260 e. The highest BCUT2D eigenvalue weighted by atomic mass is 16.5. The lowest BCUT2D eigenvalue weighted by atomic mass is 9.85. The van der Waals surface area contributed by atoms with E-state index in [4.69, 9.17) is 9.72 Å². The fourth-order valence-corrected chi connectivity index (χ4v) is 5.82. The number of hydrogen-bond donors (Lipinski definition) is 2. The van der Waals surface area contributed by atoms with Crippen LogP contribution in [0.3, 0.4) is 0 Å². The van der Waals surface area contributed by atoms with Crippen LogP contribution in [-0.2, 0) is 16.0 Å². The minimum atomic E-state index is -1.05. The predicted octanol–water partition coefficient (Wildman–Crippen LogP) is 3.78. The maximum absolute atomic E-state index is 13.5.